The van der Waals surface area contributed by atoms with Crippen LogP contribution in [-0.4, -0.2) is 28.7 Å². The number of esters is 1. The van der Waals surface area contributed by atoms with Gasteiger partial charge in [-0.15, -0.1) is 10.2 Å². The van der Waals surface area contributed by atoms with Crippen molar-refractivity contribution in [3.05, 3.63) is 89.5 Å². The first-order chi connectivity index (χ1) is 15.1. The van der Waals surface area contributed by atoms with E-state index < -0.39 is 5.97 Å². The Kier molecular flexibility index (Phi) is 5.71. The van der Waals surface area contributed by atoms with E-state index in [1.165, 1.54) is 0 Å². The number of rotatable bonds is 5. The SMILES string of the molecule is CCOC(=O)c1ccccc1NC(=O)c1c(-c2ccc(C)cc2)nnc2ccccc12. The Morgan fingerprint density at radius 1 is 0.903 bits per heavy atom. The summed E-state index contributed by atoms with van der Waals surface area (Å²) in [6.07, 6.45) is 0. The molecule has 6 nitrogen and oxygen atoms in total. The molecule has 154 valence electrons. The van der Waals surface area contributed by atoms with Crippen LogP contribution in [0, 0.1) is 6.92 Å². The van der Waals surface area contributed by atoms with Gasteiger partial charge in [0, 0.05) is 10.9 Å². The number of benzene rings is 3. The lowest BCUT2D eigenvalue weighted by Crippen LogP contribution is -2.18. The van der Waals surface area contributed by atoms with Crippen LogP contribution in [0.3, 0.4) is 0 Å². The van der Waals surface area contributed by atoms with Crippen LogP contribution in [0.1, 0.15) is 33.2 Å². The van der Waals surface area contributed by atoms with Gasteiger partial charge < -0.3 is 10.1 Å². The summed E-state index contributed by atoms with van der Waals surface area (Å²) in [4.78, 5) is 25.8. The average Bonchev–Trinajstić information content (AvgIpc) is 2.79. The minimum absolute atomic E-state index is 0.248. The number of fused-ring (bicyclic) bond motifs is 1. The lowest BCUT2D eigenvalue weighted by atomic mass is 10.00. The number of hydrogen-bond donors (Lipinski definition) is 1. The zero-order valence-corrected chi connectivity index (χ0v) is 17.3. The van der Waals surface area contributed by atoms with Crippen molar-refractivity contribution >= 4 is 28.5 Å². The van der Waals surface area contributed by atoms with Crippen molar-refractivity contribution in [3.8, 4) is 11.3 Å². The second-order valence-corrected chi connectivity index (χ2v) is 7.03. The van der Waals surface area contributed by atoms with Crippen LogP contribution >= 0.6 is 0 Å². The molecular weight excluding hydrogens is 390 g/mol. The monoisotopic (exact) mass is 411 g/mol. The Bertz CT molecular complexity index is 1270. The summed E-state index contributed by atoms with van der Waals surface area (Å²) in [6, 6.07) is 21.9. The molecule has 0 bridgehead atoms. The van der Waals surface area contributed by atoms with Crippen molar-refractivity contribution in [1.29, 1.82) is 0 Å². The van der Waals surface area contributed by atoms with Gasteiger partial charge in [-0.1, -0.05) is 60.2 Å². The smallest absolute Gasteiger partial charge is 0.340 e. The molecule has 1 aromatic heterocycles. The molecule has 0 aliphatic carbocycles. The molecule has 0 fully saturated rings. The van der Waals surface area contributed by atoms with Gasteiger partial charge in [0.15, 0.2) is 0 Å². The number of anilines is 1. The zero-order chi connectivity index (χ0) is 21.8. The highest BCUT2D eigenvalue weighted by atomic mass is 16.5. The predicted octanol–water partition coefficient (Wildman–Crippen LogP) is 5.03. The molecule has 0 spiro atoms. The first-order valence-corrected chi connectivity index (χ1v) is 9.98. The van der Waals surface area contributed by atoms with Gasteiger partial charge in [0.05, 0.1) is 28.9 Å². The van der Waals surface area contributed by atoms with Crippen LogP contribution in [0.4, 0.5) is 5.69 Å². The molecule has 4 aromatic rings. The van der Waals surface area contributed by atoms with E-state index in [9.17, 15) is 9.59 Å². The minimum Gasteiger partial charge on any atom is -0.462 e. The van der Waals surface area contributed by atoms with E-state index in [0.29, 0.717) is 33.4 Å². The average molecular weight is 411 g/mol. The van der Waals surface area contributed by atoms with E-state index in [2.05, 4.69) is 15.5 Å². The third-order valence-corrected chi connectivity index (χ3v) is 4.89. The molecule has 0 atom stereocenters. The number of nitrogens with zero attached hydrogens (tertiary/aromatic N) is 2. The minimum atomic E-state index is -0.491. The number of aromatic nitrogens is 2. The lowest BCUT2D eigenvalue weighted by Gasteiger charge is -2.14. The van der Waals surface area contributed by atoms with E-state index in [-0.39, 0.29) is 12.5 Å². The van der Waals surface area contributed by atoms with E-state index in [1.54, 1.807) is 31.2 Å². The van der Waals surface area contributed by atoms with E-state index in [4.69, 9.17) is 4.74 Å². The van der Waals surface area contributed by atoms with Crippen LogP contribution in [0.15, 0.2) is 72.8 Å². The topological polar surface area (TPSA) is 81.2 Å². The molecule has 4 rings (SSSR count). The number of ether oxygens (including phenoxy) is 1. The summed E-state index contributed by atoms with van der Waals surface area (Å²) in [5, 5.41) is 12.2. The maximum Gasteiger partial charge on any atom is 0.340 e. The fraction of sp³-hybridized carbons (Fsp3) is 0.120. The highest BCUT2D eigenvalue weighted by molar-refractivity contribution is 6.17. The molecule has 3 aromatic carbocycles. The van der Waals surface area contributed by atoms with Crippen molar-refractivity contribution < 1.29 is 14.3 Å². The molecule has 1 heterocycles. The standard InChI is InChI=1S/C25H21N3O3/c1-3-31-25(30)19-9-5-6-10-20(19)26-24(29)22-18-8-4-7-11-21(18)27-28-23(22)17-14-12-16(2)13-15-17/h4-15H,3H2,1-2H3,(H,26,29). The molecule has 1 amide bonds. The van der Waals surface area contributed by atoms with Gasteiger partial charge >= 0.3 is 5.97 Å². The molecule has 31 heavy (non-hydrogen) atoms. The van der Waals surface area contributed by atoms with Gasteiger partial charge in [-0.25, -0.2) is 4.79 Å². The maximum absolute atomic E-state index is 13.5. The first kappa shape index (κ1) is 20.2. The van der Waals surface area contributed by atoms with Gasteiger partial charge in [0.25, 0.3) is 5.91 Å². The van der Waals surface area contributed by atoms with Crippen molar-refractivity contribution in [2.75, 3.05) is 11.9 Å². The second kappa shape index (κ2) is 8.75. The molecule has 0 saturated carbocycles. The third-order valence-electron chi connectivity index (χ3n) is 4.89. The Balaban J connectivity index is 1.82. The van der Waals surface area contributed by atoms with Gasteiger partial charge in [0.1, 0.15) is 5.69 Å². The van der Waals surface area contributed by atoms with Crippen molar-refractivity contribution in [2.45, 2.75) is 13.8 Å². The normalized spacial score (nSPS) is 10.6. The molecule has 6 heteroatoms. The van der Waals surface area contributed by atoms with Crippen molar-refractivity contribution in [3.63, 3.8) is 0 Å². The number of nitrogens with one attached hydrogen (secondary N) is 1. The summed E-state index contributed by atoms with van der Waals surface area (Å²) in [6.45, 7) is 3.98. The summed E-state index contributed by atoms with van der Waals surface area (Å²) in [5.74, 6) is -0.867. The van der Waals surface area contributed by atoms with Gasteiger partial charge in [-0.2, -0.15) is 0 Å². The third kappa shape index (κ3) is 4.14. The molecule has 0 aliphatic heterocycles. The van der Waals surface area contributed by atoms with E-state index in [0.717, 1.165) is 11.1 Å². The number of carbonyl (C=O) groups is 2. The quantitative estimate of drug-likeness (QED) is 0.466. The molecular formula is C25H21N3O3. The lowest BCUT2D eigenvalue weighted by molar-refractivity contribution is 0.0527. The number of carbonyl (C=O) groups excluding carboxylic acids is 2. The Labute approximate surface area is 179 Å². The van der Waals surface area contributed by atoms with Crippen LogP contribution < -0.4 is 5.32 Å². The largest absolute Gasteiger partial charge is 0.462 e. The molecule has 1 N–H and O–H groups in total. The Morgan fingerprint density at radius 3 is 2.39 bits per heavy atom. The number of aryl methyl sites for hydroxylation is 1. The maximum atomic E-state index is 13.5. The fourth-order valence-electron chi connectivity index (χ4n) is 3.36. The predicted molar refractivity (Wildman–Crippen MR) is 120 cm³/mol. The van der Waals surface area contributed by atoms with E-state index in [1.807, 2.05) is 55.5 Å². The van der Waals surface area contributed by atoms with Gasteiger partial charge in [-0.05, 0) is 32.0 Å². The van der Waals surface area contributed by atoms with Crippen molar-refractivity contribution in [2.24, 2.45) is 0 Å². The van der Waals surface area contributed by atoms with E-state index >= 15 is 0 Å². The Morgan fingerprint density at radius 2 is 1.61 bits per heavy atom. The van der Waals surface area contributed by atoms with Gasteiger partial charge in [-0.3, -0.25) is 4.79 Å². The van der Waals surface area contributed by atoms with Crippen LogP contribution in [0.25, 0.3) is 22.2 Å². The number of amides is 1. The summed E-state index contributed by atoms with van der Waals surface area (Å²) in [7, 11) is 0. The summed E-state index contributed by atoms with van der Waals surface area (Å²) in [5.41, 5.74) is 4.04. The van der Waals surface area contributed by atoms with Gasteiger partial charge in [0.2, 0.25) is 0 Å². The highest BCUT2D eigenvalue weighted by Crippen LogP contribution is 2.28. The summed E-state index contributed by atoms with van der Waals surface area (Å²) < 4.78 is 5.12. The van der Waals surface area contributed by atoms with Crippen molar-refractivity contribution in [1.82, 2.24) is 10.2 Å². The number of para-hydroxylation sites is 1. The Hall–Kier alpha value is -4.06. The molecule has 0 unspecified atom stereocenters. The zero-order valence-electron chi connectivity index (χ0n) is 17.3. The molecule has 0 saturated heterocycles. The second-order valence-electron chi connectivity index (χ2n) is 7.03. The number of hydrogen-bond acceptors (Lipinski definition) is 5. The molecule has 0 aliphatic rings. The van der Waals surface area contributed by atoms with Crippen LogP contribution in [-0.2, 0) is 4.74 Å². The van der Waals surface area contributed by atoms with Crippen LogP contribution in [0.5, 0.6) is 0 Å². The summed E-state index contributed by atoms with van der Waals surface area (Å²) >= 11 is 0. The first-order valence-electron chi connectivity index (χ1n) is 9.98. The molecule has 0 radical (unpaired) electrons. The fourth-order valence-corrected chi connectivity index (χ4v) is 3.36. The van der Waals surface area contributed by atoms with Crippen LogP contribution in [0.2, 0.25) is 0 Å². The highest BCUT2D eigenvalue weighted by Gasteiger charge is 2.21.